The van der Waals surface area contributed by atoms with E-state index in [1.165, 1.54) is 65.1 Å². The van der Waals surface area contributed by atoms with Crippen LogP contribution in [0, 0.1) is 15.9 Å². The zero-order valence-corrected chi connectivity index (χ0v) is 23.6. The van der Waals surface area contributed by atoms with E-state index in [1.807, 2.05) is 0 Å². The number of anilines is 1. The number of hydrogen-bond donors (Lipinski definition) is 0. The lowest BCUT2D eigenvalue weighted by Gasteiger charge is -2.34. The molecule has 2 atom stereocenters. The summed E-state index contributed by atoms with van der Waals surface area (Å²) in [6.07, 6.45) is 0.789. The van der Waals surface area contributed by atoms with Crippen LogP contribution in [0.4, 0.5) is 14.5 Å². The first-order chi connectivity index (χ1) is 19.0. The highest BCUT2D eigenvalue weighted by Gasteiger charge is 2.32. The monoisotopic (exact) mass is 603 g/mol. The fraction of sp³-hybridized carbons (Fsp3) is 0.240. The Labute approximate surface area is 236 Å². The highest BCUT2D eigenvalue weighted by Crippen LogP contribution is 2.31. The van der Waals surface area contributed by atoms with Crippen LogP contribution in [0.5, 0.6) is 0 Å². The molecular weight excluding hydrogens is 582 g/mol. The third-order valence-electron chi connectivity index (χ3n) is 5.93. The number of sulfonamides is 1. The molecule has 11 nitrogen and oxygen atoms in total. The van der Waals surface area contributed by atoms with Crippen LogP contribution in [-0.2, 0) is 14.8 Å². The van der Waals surface area contributed by atoms with Crippen LogP contribution >= 0.6 is 22.7 Å². The lowest BCUT2D eigenvalue weighted by Crippen LogP contribution is -2.48. The van der Waals surface area contributed by atoms with Gasteiger partial charge in [0, 0.05) is 24.7 Å². The van der Waals surface area contributed by atoms with Crippen molar-refractivity contribution in [3.8, 4) is 0 Å². The quantitative estimate of drug-likeness (QED) is 0.167. The van der Waals surface area contributed by atoms with E-state index < -0.39 is 26.7 Å². The van der Waals surface area contributed by atoms with Crippen molar-refractivity contribution in [3.63, 3.8) is 0 Å². The molecule has 2 unspecified atom stereocenters. The molecule has 1 amide bonds. The Bertz CT molecular complexity index is 1710. The van der Waals surface area contributed by atoms with E-state index in [2.05, 4.69) is 10.1 Å². The van der Waals surface area contributed by atoms with Crippen molar-refractivity contribution in [2.45, 2.75) is 31.0 Å². The van der Waals surface area contributed by atoms with E-state index in [4.69, 9.17) is 4.74 Å². The van der Waals surface area contributed by atoms with Crippen molar-refractivity contribution in [1.82, 2.24) is 9.29 Å². The molecule has 0 bridgehead atoms. The average Bonchev–Trinajstić information content (AvgIpc) is 3.55. The molecule has 40 heavy (non-hydrogen) atoms. The van der Waals surface area contributed by atoms with Gasteiger partial charge in [-0.05, 0) is 62.4 Å². The second-order valence-electron chi connectivity index (χ2n) is 9.01. The first-order valence-corrected chi connectivity index (χ1v) is 15.0. The van der Waals surface area contributed by atoms with Crippen LogP contribution in [-0.4, -0.2) is 60.0 Å². The second-order valence-corrected chi connectivity index (χ2v) is 13.0. The summed E-state index contributed by atoms with van der Waals surface area (Å²) in [5.41, 5.74) is 0.582. The van der Waals surface area contributed by atoms with Crippen molar-refractivity contribution in [2.75, 3.05) is 18.1 Å². The minimum absolute atomic E-state index is 0.0294. The minimum Gasteiger partial charge on any atom is -0.373 e. The van der Waals surface area contributed by atoms with Gasteiger partial charge in [0.2, 0.25) is 15.2 Å². The van der Waals surface area contributed by atoms with Crippen molar-refractivity contribution in [1.29, 1.82) is 0 Å². The number of nitro groups is 1. The molecule has 0 N–H and O–H groups in total. The summed E-state index contributed by atoms with van der Waals surface area (Å²) in [5.74, 6) is -1.09. The molecule has 1 aliphatic rings. The third-order valence-corrected chi connectivity index (χ3v) is 9.74. The lowest BCUT2D eigenvalue weighted by molar-refractivity contribution is -0.380. The number of hydrazone groups is 1. The summed E-state index contributed by atoms with van der Waals surface area (Å²) in [5, 5.41) is 16.3. The Kier molecular flexibility index (Phi) is 7.74. The first kappa shape index (κ1) is 27.9. The highest BCUT2D eigenvalue weighted by atomic mass is 32.2. The van der Waals surface area contributed by atoms with E-state index in [-0.39, 0.29) is 45.9 Å². The van der Waals surface area contributed by atoms with Gasteiger partial charge in [0.25, 0.3) is 5.91 Å². The van der Waals surface area contributed by atoms with Crippen molar-refractivity contribution in [3.05, 3.63) is 81.0 Å². The van der Waals surface area contributed by atoms with E-state index in [1.54, 1.807) is 13.8 Å². The maximum atomic E-state index is 13.8. The van der Waals surface area contributed by atoms with Gasteiger partial charge < -0.3 is 4.74 Å². The number of nitrogens with zero attached hydrogens (tertiary/aromatic N) is 5. The summed E-state index contributed by atoms with van der Waals surface area (Å²) in [6.45, 7) is 4.05. The molecule has 2 aromatic carbocycles. The van der Waals surface area contributed by atoms with Gasteiger partial charge in [0.1, 0.15) is 5.82 Å². The number of hydrogen-bond acceptors (Lipinski definition) is 10. The molecule has 5 rings (SSSR count). The molecule has 1 saturated heterocycles. The molecule has 0 radical (unpaired) electrons. The normalized spacial score (nSPS) is 18.4. The summed E-state index contributed by atoms with van der Waals surface area (Å²) in [4.78, 5) is 29.0. The number of halogens is 1. The Hall–Kier alpha value is -3.63. The Morgan fingerprint density at radius 2 is 1.85 bits per heavy atom. The SMILES string of the molecule is CC1CN(S(=O)(=O)c2ccc(C(=O)N(/N=C/c3ccc([N+](=O)[O-])s3)c3nc4ccc(F)cc4s3)cc2)CC(C)O1. The van der Waals surface area contributed by atoms with Gasteiger partial charge in [0.15, 0.2) is 0 Å². The van der Waals surface area contributed by atoms with Gasteiger partial charge in [-0.25, -0.2) is 17.8 Å². The molecule has 4 aromatic rings. The molecule has 2 aromatic heterocycles. The number of thiazole rings is 1. The lowest BCUT2D eigenvalue weighted by atomic mass is 10.2. The largest absolute Gasteiger partial charge is 0.373 e. The van der Waals surface area contributed by atoms with Crippen LogP contribution in [0.2, 0.25) is 0 Å². The fourth-order valence-corrected chi connectivity index (χ4v) is 7.38. The number of aromatic nitrogens is 1. The highest BCUT2D eigenvalue weighted by molar-refractivity contribution is 7.89. The van der Waals surface area contributed by atoms with E-state index in [0.29, 0.717) is 15.1 Å². The number of morpholine rings is 1. The minimum atomic E-state index is -3.82. The molecule has 3 heterocycles. The van der Waals surface area contributed by atoms with Crippen LogP contribution in [0.25, 0.3) is 10.2 Å². The Morgan fingerprint density at radius 3 is 2.50 bits per heavy atom. The van der Waals surface area contributed by atoms with Gasteiger partial charge in [-0.3, -0.25) is 14.9 Å². The number of carbonyl (C=O) groups excluding carboxylic acids is 1. The summed E-state index contributed by atoms with van der Waals surface area (Å²) >= 11 is 1.91. The Balaban J connectivity index is 1.46. The number of fused-ring (bicyclic) bond motifs is 1. The zero-order valence-electron chi connectivity index (χ0n) is 21.1. The molecule has 1 fully saturated rings. The molecule has 0 aliphatic carbocycles. The number of amides is 1. The molecule has 15 heteroatoms. The molecule has 208 valence electrons. The summed E-state index contributed by atoms with van der Waals surface area (Å²) in [6, 6.07) is 12.3. The van der Waals surface area contributed by atoms with Crippen LogP contribution in [0.1, 0.15) is 29.1 Å². The number of carbonyl (C=O) groups is 1. The molecule has 1 aliphatic heterocycles. The smallest absolute Gasteiger partial charge is 0.324 e. The topological polar surface area (TPSA) is 135 Å². The fourth-order valence-electron chi connectivity index (χ4n) is 4.16. The average molecular weight is 604 g/mol. The van der Waals surface area contributed by atoms with Crippen molar-refractivity contribution in [2.24, 2.45) is 5.10 Å². The number of benzene rings is 2. The maximum absolute atomic E-state index is 13.8. The van der Waals surface area contributed by atoms with Crippen LogP contribution in [0.3, 0.4) is 0 Å². The molecule has 0 spiro atoms. The van der Waals surface area contributed by atoms with E-state index in [9.17, 15) is 27.7 Å². The zero-order chi connectivity index (χ0) is 28.6. The predicted octanol–water partition coefficient (Wildman–Crippen LogP) is 4.88. The molecule has 0 saturated carbocycles. The summed E-state index contributed by atoms with van der Waals surface area (Å²) < 4.78 is 47.7. The Morgan fingerprint density at radius 1 is 1.15 bits per heavy atom. The van der Waals surface area contributed by atoms with Gasteiger partial charge in [-0.2, -0.15) is 14.4 Å². The van der Waals surface area contributed by atoms with Gasteiger partial charge in [0.05, 0.1) is 43.3 Å². The molecular formula is C25H22FN5O6S3. The van der Waals surface area contributed by atoms with Crippen molar-refractivity contribution >= 4 is 65.2 Å². The van der Waals surface area contributed by atoms with Crippen molar-refractivity contribution < 1.29 is 27.3 Å². The first-order valence-electron chi connectivity index (χ1n) is 12.0. The number of thiophene rings is 1. The second kappa shape index (κ2) is 11.1. The van der Waals surface area contributed by atoms with E-state index in [0.717, 1.165) is 27.7 Å². The van der Waals surface area contributed by atoms with Crippen LogP contribution in [0.15, 0.2) is 64.6 Å². The maximum Gasteiger partial charge on any atom is 0.324 e. The third kappa shape index (κ3) is 5.78. The van der Waals surface area contributed by atoms with Gasteiger partial charge >= 0.3 is 5.00 Å². The van der Waals surface area contributed by atoms with Crippen LogP contribution < -0.4 is 5.01 Å². The standard InChI is InChI=1S/C25H22FN5O6S3/c1-15-13-29(14-16(2)37-15)40(35,36)20-7-3-17(4-8-20)24(32)30(27-12-19-6-10-23(38-19)31(33)34)25-28-21-9-5-18(26)11-22(21)39-25/h3-12,15-16H,13-14H2,1-2H3/b27-12+. The van der Waals surface area contributed by atoms with E-state index >= 15 is 0 Å². The number of rotatable bonds is 7. The summed E-state index contributed by atoms with van der Waals surface area (Å²) in [7, 11) is -3.82. The predicted molar refractivity (Wildman–Crippen MR) is 150 cm³/mol. The van der Waals surface area contributed by atoms with Gasteiger partial charge in [-0.15, -0.1) is 0 Å². The number of ether oxygens (including phenoxy) is 1. The van der Waals surface area contributed by atoms with Gasteiger partial charge in [-0.1, -0.05) is 22.7 Å².